The molecule has 1 aromatic carbocycles. The average molecular weight is 266 g/mol. The van der Waals surface area contributed by atoms with E-state index in [-0.39, 0.29) is 6.42 Å². The second-order valence-corrected chi connectivity index (χ2v) is 4.29. The highest BCUT2D eigenvalue weighted by Gasteiger charge is 2.16. The number of aliphatic carboxylic acids is 1. The molecule has 0 spiro atoms. The van der Waals surface area contributed by atoms with Gasteiger partial charge in [-0.15, -0.1) is 0 Å². The summed E-state index contributed by atoms with van der Waals surface area (Å²) in [6, 6.07) is 10.0. The minimum absolute atomic E-state index is 0.171. The monoisotopic (exact) mass is 265 g/mol. The number of carboxylic acids is 1. The summed E-state index contributed by atoms with van der Waals surface area (Å²) in [4.78, 5) is 10.6. The fraction of sp³-hybridized carbons (Fsp3) is 0.154. The Morgan fingerprint density at radius 1 is 1.33 bits per heavy atom. The second kappa shape index (κ2) is 5.25. The number of furan rings is 1. The third kappa shape index (κ3) is 2.72. The molecule has 0 saturated heterocycles. The largest absolute Gasteiger partial charge is 0.481 e. The van der Waals surface area contributed by atoms with Crippen LogP contribution in [0.3, 0.4) is 0 Å². The summed E-state index contributed by atoms with van der Waals surface area (Å²) < 4.78 is 5.54. The summed E-state index contributed by atoms with van der Waals surface area (Å²) in [5.74, 6) is 0.0574. The van der Waals surface area contributed by atoms with Crippen LogP contribution in [0.5, 0.6) is 0 Å². The van der Waals surface area contributed by atoms with E-state index >= 15 is 0 Å². The number of carbonyl (C=O) groups is 1. The first-order chi connectivity index (χ1) is 8.58. The number of nitrogens with two attached hydrogens (primary N) is 1. The van der Waals surface area contributed by atoms with Gasteiger partial charge in [0.2, 0.25) is 0 Å². The third-order valence-electron chi connectivity index (χ3n) is 2.53. The van der Waals surface area contributed by atoms with E-state index in [4.69, 9.17) is 26.9 Å². The van der Waals surface area contributed by atoms with Crippen LogP contribution in [0.4, 0.5) is 0 Å². The van der Waals surface area contributed by atoms with Gasteiger partial charge >= 0.3 is 5.97 Å². The first kappa shape index (κ1) is 12.7. The lowest BCUT2D eigenvalue weighted by Gasteiger charge is -2.05. The Morgan fingerprint density at radius 2 is 2.06 bits per heavy atom. The zero-order chi connectivity index (χ0) is 13.1. The van der Waals surface area contributed by atoms with Crippen molar-refractivity contribution < 1.29 is 14.3 Å². The number of hydrogen-bond acceptors (Lipinski definition) is 3. The predicted molar refractivity (Wildman–Crippen MR) is 68.3 cm³/mol. The first-order valence-electron chi connectivity index (χ1n) is 5.40. The molecule has 0 amide bonds. The van der Waals surface area contributed by atoms with E-state index in [0.29, 0.717) is 16.5 Å². The summed E-state index contributed by atoms with van der Waals surface area (Å²) in [6.07, 6.45) is -0.171. The van der Waals surface area contributed by atoms with E-state index < -0.39 is 12.0 Å². The van der Waals surface area contributed by atoms with Gasteiger partial charge in [0.25, 0.3) is 0 Å². The highest BCUT2D eigenvalue weighted by molar-refractivity contribution is 6.33. The van der Waals surface area contributed by atoms with Crippen molar-refractivity contribution in [2.75, 3.05) is 0 Å². The van der Waals surface area contributed by atoms with Crippen LogP contribution in [0, 0.1) is 0 Å². The number of carboxylic acid groups (broad SMARTS) is 1. The molecule has 3 N–H and O–H groups in total. The maximum atomic E-state index is 10.6. The fourth-order valence-corrected chi connectivity index (χ4v) is 1.88. The van der Waals surface area contributed by atoms with Crippen molar-refractivity contribution in [2.24, 2.45) is 5.73 Å². The highest BCUT2D eigenvalue weighted by atomic mass is 35.5. The quantitative estimate of drug-likeness (QED) is 0.891. The van der Waals surface area contributed by atoms with E-state index in [1.165, 1.54) is 0 Å². The Bertz CT molecular complexity index is 565. The van der Waals surface area contributed by atoms with Crippen molar-refractivity contribution in [1.29, 1.82) is 0 Å². The van der Waals surface area contributed by atoms with Crippen LogP contribution in [-0.2, 0) is 4.79 Å². The Hall–Kier alpha value is -1.78. The van der Waals surface area contributed by atoms with Gasteiger partial charge in [-0.05, 0) is 24.3 Å². The molecule has 0 bridgehead atoms. The van der Waals surface area contributed by atoms with Gasteiger partial charge in [-0.2, -0.15) is 0 Å². The molecule has 2 rings (SSSR count). The van der Waals surface area contributed by atoms with Crippen molar-refractivity contribution in [3.8, 4) is 11.3 Å². The number of benzene rings is 1. The fourth-order valence-electron chi connectivity index (χ4n) is 1.65. The lowest BCUT2D eigenvalue weighted by molar-refractivity contribution is -0.137. The minimum Gasteiger partial charge on any atom is -0.481 e. The molecule has 2 aromatic rings. The molecular formula is C13H12ClNO3. The molecule has 0 radical (unpaired) electrons. The minimum atomic E-state index is -0.960. The van der Waals surface area contributed by atoms with E-state index in [9.17, 15) is 4.79 Å². The molecule has 1 heterocycles. The molecule has 94 valence electrons. The number of rotatable bonds is 4. The third-order valence-corrected chi connectivity index (χ3v) is 2.86. The van der Waals surface area contributed by atoms with Gasteiger partial charge in [0, 0.05) is 5.56 Å². The Balaban J connectivity index is 2.26. The molecule has 0 fully saturated rings. The van der Waals surface area contributed by atoms with E-state index in [2.05, 4.69) is 0 Å². The Labute approximate surface area is 109 Å². The van der Waals surface area contributed by atoms with Gasteiger partial charge in [0.05, 0.1) is 17.5 Å². The Morgan fingerprint density at radius 3 is 2.72 bits per heavy atom. The van der Waals surface area contributed by atoms with Crippen LogP contribution < -0.4 is 5.73 Å². The van der Waals surface area contributed by atoms with E-state index in [0.717, 1.165) is 5.56 Å². The lowest BCUT2D eigenvalue weighted by Crippen LogP contribution is -2.14. The summed E-state index contributed by atoms with van der Waals surface area (Å²) in [5, 5.41) is 9.24. The molecule has 0 aliphatic carbocycles. The SMILES string of the molecule is N[C@H](CC(=O)O)c1ccc(-c2ccccc2Cl)o1. The molecule has 0 aliphatic heterocycles. The topological polar surface area (TPSA) is 76.5 Å². The summed E-state index contributed by atoms with van der Waals surface area (Å²) in [7, 11) is 0. The molecule has 4 nitrogen and oxygen atoms in total. The molecule has 1 atom stereocenters. The van der Waals surface area contributed by atoms with Crippen LogP contribution >= 0.6 is 11.6 Å². The van der Waals surface area contributed by atoms with Crippen LogP contribution in [0.25, 0.3) is 11.3 Å². The van der Waals surface area contributed by atoms with Crippen LogP contribution in [0.15, 0.2) is 40.8 Å². The molecule has 1 aromatic heterocycles. The van der Waals surface area contributed by atoms with Crippen molar-refractivity contribution in [1.82, 2.24) is 0 Å². The van der Waals surface area contributed by atoms with E-state index in [1.807, 2.05) is 18.2 Å². The van der Waals surface area contributed by atoms with Gasteiger partial charge in [-0.3, -0.25) is 4.79 Å². The van der Waals surface area contributed by atoms with Crippen LogP contribution in [0.2, 0.25) is 5.02 Å². The average Bonchev–Trinajstić information content (AvgIpc) is 2.78. The highest BCUT2D eigenvalue weighted by Crippen LogP contribution is 2.30. The molecule has 0 saturated carbocycles. The van der Waals surface area contributed by atoms with Gasteiger partial charge in [0.15, 0.2) is 0 Å². The predicted octanol–water partition coefficient (Wildman–Crippen LogP) is 3.07. The lowest BCUT2D eigenvalue weighted by atomic mass is 10.1. The van der Waals surface area contributed by atoms with Crippen molar-refractivity contribution in [3.05, 3.63) is 47.2 Å². The van der Waals surface area contributed by atoms with Crippen LogP contribution in [0.1, 0.15) is 18.2 Å². The molecule has 0 unspecified atom stereocenters. The number of hydrogen-bond donors (Lipinski definition) is 2. The maximum Gasteiger partial charge on any atom is 0.305 e. The smallest absolute Gasteiger partial charge is 0.305 e. The zero-order valence-corrected chi connectivity index (χ0v) is 10.2. The van der Waals surface area contributed by atoms with Crippen molar-refractivity contribution in [3.63, 3.8) is 0 Å². The van der Waals surface area contributed by atoms with Gasteiger partial charge < -0.3 is 15.3 Å². The van der Waals surface area contributed by atoms with Gasteiger partial charge in [0.1, 0.15) is 11.5 Å². The summed E-state index contributed by atoms with van der Waals surface area (Å²) >= 11 is 6.05. The normalized spacial score (nSPS) is 12.3. The summed E-state index contributed by atoms with van der Waals surface area (Å²) in [6.45, 7) is 0. The van der Waals surface area contributed by atoms with Crippen molar-refractivity contribution in [2.45, 2.75) is 12.5 Å². The molecule has 18 heavy (non-hydrogen) atoms. The van der Waals surface area contributed by atoms with Gasteiger partial charge in [-0.25, -0.2) is 0 Å². The van der Waals surface area contributed by atoms with Crippen LogP contribution in [-0.4, -0.2) is 11.1 Å². The standard InChI is InChI=1S/C13H12ClNO3/c14-9-4-2-1-3-8(9)11-5-6-12(18-11)10(15)7-13(16)17/h1-6,10H,7,15H2,(H,16,17)/t10-/m1/s1. The Kier molecular flexibility index (Phi) is 3.69. The molecule has 0 aliphatic rings. The van der Waals surface area contributed by atoms with E-state index in [1.54, 1.807) is 18.2 Å². The number of halogens is 1. The zero-order valence-electron chi connectivity index (χ0n) is 9.47. The van der Waals surface area contributed by atoms with Crippen molar-refractivity contribution >= 4 is 17.6 Å². The van der Waals surface area contributed by atoms with Gasteiger partial charge in [-0.1, -0.05) is 23.7 Å². The molecule has 5 heteroatoms. The molecular weight excluding hydrogens is 254 g/mol. The maximum absolute atomic E-state index is 10.6. The summed E-state index contributed by atoms with van der Waals surface area (Å²) in [5.41, 5.74) is 6.48. The first-order valence-corrected chi connectivity index (χ1v) is 5.77. The second-order valence-electron chi connectivity index (χ2n) is 3.89.